The Bertz CT molecular complexity index is 665. The normalized spacial score (nSPS) is 11.1. The highest BCUT2D eigenvalue weighted by Gasteiger charge is 2.02. The first-order chi connectivity index (χ1) is 12.3. The monoisotopic (exact) mass is 408 g/mol. The van der Waals surface area contributed by atoms with Gasteiger partial charge in [-0.1, -0.05) is 67.3 Å². The predicted molar refractivity (Wildman–Crippen MR) is 108 cm³/mol. The quantitative estimate of drug-likeness (QED) is 0.281. The van der Waals surface area contributed by atoms with Crippen LogP contribution in [0.2, 0.25) is 0 Å². The van der Waals surface area contributed by atoms with E-state index < -0.39 is 0 Å². The lowest BCUT2D eigenvalue weighted by atomic mass is 10.1. The Hall–Kier alpha value is -1.29. The predicted octanol–water partition coefficient (Wildman–Crippen LogP) is 6.47. The maximum Gasteiger partial charge on any atom is 0.192 e. The number of halogens is 1. The van der Waals surface area contributed by atoms with Crippen molar-refractivity contribution in [2.75, 3.05) is 11.9 Å². The Labute approximate surface area is 158 Å². The van der Waals surface area contributed by atoms with E-state index in [1.165, 1.54) is 70.1 Å². The standard InChI is InChI=1S/C21H29BrO3/c22-14-9-7-5-3-1-2-4-6-8-10-15-24-18-11-12-19-20(23)13-16-25-21(19)17-18/h11-13,16-17H,1-10,14-15H2. The molecule has 1 heterocycles. The van der Waals surface area contributed by atoms with Crippen LogP contribution in [-0.2, 0) is 0 Å². The summed E-state index contributed by atoms with van der Waals surface area (Å²) in [5.41, 5.74) is 0.567. The second-order valence-electron chi connectivity index (χ2n) is 6.52. The van der Waals surface area contributed by atoms with Gasteiger partial charge < -0.3 is 9.15 Å². The fraction of sp³-hybridized carbons (Fsp3) is 0.571. The van der Waals surface area contributed by atoms with Gasteiger partial charge in [0.15, 0.2) is 5.43 Å². The number of hydrogen-bond donors (Lipinski definition) is 0. The Morgan fingerprint density at radius 3 is 2.16 bits per heavy atom. The Kier molecular flexibility index (Phi) is 9.71. The van der Waals surface area contributed by atoms with Gasteiger partial charge in [-0.2, -0.15) is 0 Å². The maximum absolute atomic E-state index is 11.7. The molecule has 0 aliphatic heterocycles. The van der Waals surface area contributed by atoms with Gasteiger partial charge >= 0.3 is 0 Å². The third-order valence-electron chi connectivity index (χ3n) is 4.43. The molecule has 1 aromatic heterocycles. The molecular weight excluding hydrogens is 380 g/mol. The molecule has 138 valence electrons. The zero-order chi connectivity index (χ0) is 17.7. The number of hydrogen-bond acceptors (Lipinski definition) is 3. The first-order valence-electron chi connectivity index (χ1n) is 9.51. The van der Waals surface area contributed by atoms with Crippen molar-refractivity contribution in [3.63, 3.8) is 0 Å². The van der Waals surface area contributed by atoms with Gasteiger partial charge in [-0.3, -0.25) is 4.79 Å². The average molecular weight is 409 g/mol. The molecule has 3 nitrogen and oxygen atoms in total. The fourth-order valence-electron chi connectivity index (χ4n) is 2.95. The van der Waals surface area contributed by atoms with Crippen LogP contribution in [-0.4, -0.2) is 11.9 Å². The second kappa shape index (κ2) is 12.1. The highest BCUT2D eigenvalue weighted by Crippen LogP contribution is 2.19. The van der Waals surface area contributed by atoms with E-state index in [0.29, 0.717) is 11.0 Å². The largest absolute Gasteiger partial charge is 0.493 e. The second-order valence-corrected chi connectivity index (χ2v) is 7.31. The van der Waals surface area contributed by atoms with E-state index in [4.69, 9.17) is 9.15 Å². The van der Waals surface area contributed by atoms with Crippen molar-refractivity contribution in [2.24, 2.45) is 0 Å². The molecule has 0 aliphatic rings. The number of alkyl halides is 1. The van der Waals surface area contributed by atoms with Gasteiger partial charge in [-0.25, -0.2) is 0 Å². The summed E-state index contributed by atoms with van der Waals surface area (Å²) in [5, 5.41) is 1.74. The topological polar surface area (TPSA) is 39.4 Å². The molecule has 2 rings (SSSR count). The molecular formula is C21H29BrO3. The summed E-state index contributed by atoms with van der Waals surface area (Å²) in [6, 6.07) is 6.85. The summed E-state index contributed by atoms with van der Waals surface area (Å²) in [7, 11) is 0. The molecule has 0 N–H and O–H groups in total. The molecule has 0 aliphatic carbocycles. The van der Waals surface area contributed by atoms with E-state index in [1.807, 2.05) is 6.07 Å². The van der Waals surface area contributed by atoms with E-state index in [1.54, 1.807) is 12.1 Å². The average Bonchev–Trinajstić information content (AvgIpc) is 2.63. The third kappa shape index (κ3) is 7.64. The minimum atomic E-state index is -0.0177. The summed E-state index contributed by atoms with van der Waals surface area (Å²) in [4.78, 5) is 11.7. The van der Waals surface area contributed by atoms with E-state index in [2.05, 4.69) is 15.9 Å². The molecule has 0 bridgehead atoms. The van der Waals surface area contributed by atoms with Crippen molar-refractivity contribution in [3.8, 4) is 5.75 Å². The van der Waals surface area contributed by atoms with Crippen LogP contribution in [0.1, 0.15) is 64.2 Å². The number of ether oxygens (including phenoxy) is 1. The molecule has 0 amide bonds. The van der Waals surface area contributed by atoms with Crippen LogP contribution >= 0.6 is 15.9 Å². The molecule has 0 atom stereocenters. The minimum absolute atomic E-state index is 0.0177. The van der Waals surface area contributed by atoms with Gasteiger partial charge in [0.25, 0.3) is 0 Å². The Morgan fingerprint density at radius 1 is 0.840 bits per heavy atom. The van der Waals surface area contributed by atoms with Crippen LogP contribution in [0.3, 0.4) is 0 Å². The van der Waals surface area contributed by atoms with Crippen molar-refractivity contribution < 1.29 is 9.15 Å². The molecule has 0 fully saturated rings. The minimum Gasteiger partial charge on any atom is -0.493 e. The molecule has 0 spiro atoms. The van der Waals surface area contributed by atoms with E-state index >= 15 is 0 Å². The lowest BCUT2D eigenvalue weighted by Crippen LogP contribution is -2.00. The lowest BCUT2D eigenvalue weighted by molar-refractivity contribution is 0.304. The van der Waals surface area contributed by atoms with Crippen LogP contribution < -0.4 is 10.2 Å². The Morgan fingerprint density at radius 2 is 1.48 bits per heavy atom. The molecule has 4 heteroatoms. The SMILES string of the molecule is O=c1ccoc2cc(OCCCCCCCCCCCCBr)ccc12. The number of benzene rings is 1. The van der Waals surface area contributed by atoms with Crippen LogP contribution in [0.25, 0.3) is 11.0 Å². The first kappa shape index (κ1) is 20.0. The number of fused-ring (bicyclic) bond motifs is 1. The molecule has 0 saturated carbocycles. The highest BCUT2D eigenvalue weighted by molar-refractivity contribution is 9.09. The van der Waals surface area contributed by atoms with Crippen molar-refractivity contribution in [2.45, 2.75) is 64.2 Å². The molecule has 0 unspecified atom stereocenters. The molecule has 1 aromatic carbocycles. The summed E-state index contributed by atoms with van der Waals surface area (Å²) < 4.78 is 11.1. The van der Waals surface area contributed by atoms with E-state index in [0.717, 1.165) is 24.1 Å². The zero-order valence-corrected chi connectivity index (χ0v) is 16.6. The van der Waals surface area contributed by atoms with Crippen molar-refractivity contribution in [1.29, 1.82) is 0 Å². The van der Waals surface area contributed by atoms with E-state index in [-0.39, 0.29) is 5.43 Å². The highest BCUT2D eigenvalue weighted by atomic mass is 79.9. The van der Waals surface area contributed by atoms with Gasteiger partial charge in [-0.15, -0.1) is 0 Å². The van der Waals surface area contributed by atoms with Gasteiger partial charge in [0.2, 0.25) is 0 Å². The van der Waals surface area contributed by atoms with Crippen LogP contribution in [0.4, 0.5) is 0 Å². The molecule has 0 radical (unpaired) electrons. The van der Waals surface area contributed by atoms with Crippen molar-refractivity contribution in [3.05, 3.63) is 40.8 Å². The van der Waals surface area contributed by atoms with Crippen molar-refractivity contribution >= 4 is 26.9 Å². The van der Waals surface area contributed by atoms with Crippen LogP contribution in [0.5, 0.6) is 5.75 Å². The number of rotatable bonds is 13. The zero-order valence-electron chi connectivity index (χ0n) is 15.0. The molecule has 0 saturated heterocycles. The van der Waals surface area contributed by atoms with Gasteiger partial charge in [0.05, 0.1) is 18.3 Å². The smallest absolute Gasteiger partial charge is 0.192 e. The number of unbranched alkanes of at least 4 members (excludes halogenated alkanes) is 9. The van der Waals surface area contributed by atoms with Gasteiger partial charge in [-0.05, 0) is 25.0 Å². The van der Waals surface area contributed by atoms with Crippen molar-refractivity contribution in [1.82, 2.24) is 0 Å². The first-order valence-corrected chi connectivity index (χ1v) is 10.6. The molecule has 25 heavy (non-hydrogen) atoms. The maximum atomic E-state index is 11.7. The summed E-state index contributed by atoms with van der Waals surface area (Å²) in [6.45, 7) is 0.717. The lowest BCUT2D eigenvalue weighted by Gasteiger charge is -2.07. The summed E-state index contributed by atoms with van der Waals surface area (Å²) in [6.07, 6.45) is 14.5. The molecule has 2 aromatic rings. The van der Waals surface area contributed by atoms with Crippen LogP contribution in [0.15, 0.2) is 39.7 Å². The fourth-order valence-corrected chi connectivity index (χ4v) is 3.35. The van der Waals surface area contributed by atoms with Gasteiger partial charge in [0, 0.05) is 17.5 Å². The van der Waals surface area contributed by atoms with E-state index in [9.17, 15) is 4.79 Å². The van der Waals surface area contributed by atoms with Crippen LogP contribution in [0, 0.1) is 0 Å². The summed E-state index contributed by atoms with van der Waals surface area (Å²) in [5.74, 6) is 0.769. The summed E-state index contributed by atoms with van der Waals surface area (Å²) >= 11 is 3.47. The third-order valence-corrected chi connectivity index (χ3v) is 4.99. The van der Waals surface area contributed by atoms with Gasteiger partial charge in [0.1, 0.15) is 11.3 Å². The Balaban J connectivity index is 1.51.